The molecule has 1 fully saturated rings. The Morgan fingerprint density at radius 1 is 1.38 bits per heavy atom. The Morgan fingerprint density at radius 3 is 2.57 bits per heavy atom. The quantitative estimate of drug-likeness (QED) is 0.719. The average molecular weight is 300 g/mol. The zero-order chi connectivity index (χ0) is 16.0. The summed E-state index contributed by atoms with van der Waals surface area (Å²) in [6.07, 6.45) is 1.60. The van der Waals surface area contributed by atoms with E-state index in [-0.39, 0.29) is 12.5 Å². The molecule has 1 aliphatic rings. The summed E-state index contributed by atoms with van der Waals surface area (Å²) in [5.74, 6) is -1.35. The molecule has 0 aromatic heterocycles. The molecule has 1 rings (SSSR count). The van der Waals surface area contributed by atoms with E-state index in [4.69, 9.17) is 9.84 Å². The van der Waals surface area contributed by atoms with E-state index in [1.165, 1.54) is 4.90 Å². The van der Waals surface area contributed by atoms with Crippen LogP contribution in [0.15, 0.2) is 0 Å². The Bertz CT molecular complexity index is 397. The maximum atomic E-state index is 12.2. The van der Waals surface area contributed by atoms with Crippen LogP contribution in [-0.2, 0) is 14.3 Å². The van der Waals surface area contributed by atoms with E-state index in [1.807, 2.05) is 13.8 Å². The van der Waals surface area contributed by atoms with Crippen molar-refractivity contribution in [1.29, 1.82) is 0 Å². The smallest absolute Gasteiger partial charge is 0.328 e. The van der Waals surface area contributed by atoms with Gasteiger partial charge in [0, 0.05) is 6.54 Å². The molecule has 2 atom stereocenters. The Hall–Kier alpha value is -1.79. The highest BCUT2D eigenvalue weighted by molar-refractivity contribution is 5.87. The number of carbonyl (C=O) groups excluding carboxylic acids is 2. The fraction of sp³-hybridized carbons (Fsp3) is 0.786. The number of carboxylic acids is 1. The number of aliphatic carboxylic acids is 1. The van der Waals surface area contributed by atoms with Crippen LogP contribution in [0.25, 0.3) is 0 Å². The second kappa shape index (κ2) is 7.85. The molecule has 0 aromatic rings. The molecule has 0 aliphatic carbocycles. The van der Waals surface area contributed by atoms with Crippen molar-refractivity contribution in [3.8, 4) is 0 Å². The zero-order valence-electron chi connectivity index (χ0n) is 12.8. The van der Waals surface area contributed by atoms with Gasteiger partial charge in [-0.05, 0) is 32.1 Å². The van der Waals surface area contributed by atoms with Gasteiger partial charge in [0.1, 0.15) is 12.1 Å². The molecule has 0 radical (unpaired) electrons. The lowest BCUT2D eigenvalue weighted by Gasteiger charge is -2.26. The van der Waals surface area contributed by atoms with E-state index in [1.54, 1.807) is 6.92 Å². The molecule has 21 heavy (non-hydrogen) atoms. The van der Waals surface area contributed by atoms with Gasteiger partial charge in [-0.1, -0.05) is 13.8 Å². The molecule has 1 heterocycles. The van der Waals surface area contributed by atoms with Gasteiger partial charge in [-0.2, -0.15) is 0 Å². The second-order valence-corrected chi connectivity index (χ2v) is 5.57. The minimum absolute atomic E-state index is 0.144. The fourth-order valence-electron chi connectivity index (χ4n) is 2.42. The molecule has 2 amide bonds. The van der Waals surface area contributed by atoms with E-state index >= 15 is 0 Å². The number of rotatable bonds is 6. The molecule has 1 saturated heterocycles. The molecular weight excluding hydrogens is 276 g/mol. The van der Waals surface area contributed by atoms with Gasteiger partial charge in [0.05, 0.1) is 6.61 Å². The largest absolute Gasteiger partial charge is 0.480 e. The van der Waals surface area contributed by atoms with Crippen molar-refractivity contribution in [3.05, 3.63) is 0 Å². The summed E-state index contributed by atoms with van der Waals surface area (Å²) in [7, 11) is 0. The number of likely N-dealkylation sites (tertiary alicyclic amines) is 1. The van der Waals surface area contributed by atoms with Crippen LogP contribution in [0.2, 0.25) is 0 Å². The number of nitrogens with zero attached hydrogens (tertiary/aromatic N) is 1. The Morgan fingerprint density at radius 2 is 2.05 bits per heavy atom. The minimum atomic E-state index is -1.07. The maximum absolute atomic E-state index is 12.2. The lowest BCUT2D eigenvalue weighted by molar-refractivity contribution is -0.147. The van der Waals surface area contributed by atoms with Gasteiger partial charge in [-0.3, -0.25) is 0 Å². The third kappa shape index (κ3) is 4.91. The molecular formula is C14H24N2O5. The van der Waals surface area contributed by atoms with E-state index in [0.717, 1.165) is 0 Å². The van der Waals surface area contributed by atoms with Crippen LogP contribution in [0.3, 0.4) is 0 Å². The first-order valence-corrected chi connectivity index (χ1v) is 7.33. The molecule has 2 N–H and O–H groups in total. The summed E-state index contributed by atoms with van der Waals surface area (Å²) in [5, 5.41) is 11.6. The predicted octanol–water partition coefficient (Wildman–Crippen LogP) is 1.22. The summed E-state index contributed by atoms with van der Waals surface area (Å²) >= 11 is 0. The van der Waals surface area contributed by atoms with Gasteiger partial charge in [-0.25, -0.2) is 14.4 Å². The van der Waals surface area contributed by atoms with Crippen molar-refractivity contribution >= 4 is 18.0 Å². The predicted molar refractivity (Wildman–Crippen MR) is 75.8 cm³/mol. The number of ether oxygens (including phenoxy) is 1. The third-order valence-corrected chi connectivity index (χ3v) is 3.38. The zero-order valence-corrected chi connectivity index (χ0v) is 12.8. The van der Waals surface area contributed by atoms with Crippen LogP contribution in [0.4, 0.5) is 4.79 Å². The van der Waals surface area contributed by atoms with Crippen molar-refractivity contribution in [2.45, 2.75) is 52.1 Å². The standard InChI is InChI=1S/C14H24N2O5/c1-4-21-13(19)11-6-5-7-16(11)14(20)15-10(12(17)18)8-9(2)3/h9-11H,4-8H2,1-3H3,(H,15,20)(H,17,18)/t10-,11?/m1/s1. The SMILES string of the molecule is CCOC(=O)C1CCCN1C(=O)N[C@H](CC(C)C)C(=O)O. The molecule has 0 bridgehead atoms. The molecule has 1 unspecified atom stereocenters. The second-order valence-electron chi connectivity index (χ2n) is 5.57. The number of amides is 2. The first kappa shape index (κ1) is 17.3. The van der Waals surface area contributed by atoms with Crippen LogP contribution >= 0.6 is 0 Å². The first-order valence-electron chi connectivity index (χ1n) is 7.33. The van der Waals surface area contributed by atoms with Crippen LogP contribution in [0.1, 0.15) is 40.0 Å². The summed E-state index contributed by atoms with van der Waals surface area (Å²) in [4.78, 5) is 36.5. The maximum Gasteiger partial charge on any atom is 0.328 e. The average Bonchev–Trinajstić information content (AvgIpc) is 2.86. The van der Waals surface area contributed by atoms with E-state index in [9.17, 15) is 14.4 Å². The highest BCUT2D eigenvalue weighted by Gasteiger charge is 2.36. The molecule has 7 heteroatoms. The van der Waals surface area contributed by atoms with Crippen LogP contribution in [-0.4, -0.2) is 53.2 Å². The van der Waals surface area contributed by atoms with Crippen molar-refractivity contribution < 1.29 is 24.2 Å². The van der Waals surface area contributed by atoms with Crippen molar-refractivity contribution in [1.82, 2.24) is 10.2 Å². The first-order chi connectivity index (χ1) is 9.86. The van der Waals surface area contributed by atoms with E-state index in [0.29, 0.717) is 25.8 Å². The number of carbonyl (C=O) groups is 3. The van der Waals surface area contributed by atoms with Gasteiger partial charge in [0.2, 0.25) is 0 Å². The van der Waals surface area contributed by atoms with Crippen molar-refractivity contribution in [2.75, 3.05) is 13.2 Å². The highest BCUT2D eigenvalue weighted by Crippen LogP contribution is 2.19. The molecule has 120 valence electrons. The van der Waals surface area contributed by atoms with Gasteiger partial charge >= 0.3 is 18.0 Å². The molecule has 0 spiro atoms. The Labute approximate surface area is 124 Å². The van der Waals surface area contributed by atoms with Crippen LogP contribution in [0.5, 0.6) is 0 Å². The Balaban J connectivity index is 2.67. The lowest BCUT2D eigenvalue weighted by atomic mass is 10.0. The number of nitrogens with one attached hydrogen (secondary N) is 1. The normalized spacial score (nSPS) is 19.4. The number of urea groups is 1. The van der Waals surface area contributed by atoms with Gasteiger partial charge in [-0.15, -0.1) is 0 Å². The summed E-state index contributed by atoms with van der Waals surface area (Å²) < 4.78 is 4.95. The fourth-order valence-corrected chi connectivity index (χ4v) is 2.42. The summed E-state index contributed by atoms with van der Waals surface area (Å²) in [6, 6.07) is -2.07. The molecule has 0 saturated carbocycles. The minimum Gasteiger partial charge on any atom is -0.480 e. The van der Waals surface area contributed by atoms with E-state index in [2.05, 4.69) is 5.32 Å². The molecule has 7 nitrogen and oxygen atoms in total. The van der Waals surface area contributed by atoms with Gasteiger partial charge < -0.3 is 20.1 Å². The summed E-state index contributed by atoms with van der Waals surface area (Å²) in [6.45, 7) is 6.18. The molecule has 1 aliphatic heterocycles. The number of carboxylic acid groups (broad SMARTS) is 1. The van der Waals surface area contributed by atoms with Gasteiger partial charge in [0.25, 0.3) is 0 Å². The number of hydrogen-bond acceptors (Lipinski definition) is 4. The highest BCUT2D eigenvalue weighted by atomic mass is 16.5. The van der Waals surface area contributed by atoms with E-state index < -0.39 is 30.1 Å². The van der Waals surface area contributed by atoms with Crippen molar-refractivity contribution in [3.63, 3.8) is 0 Å². The lowest BCUT2D eigenvalue weighted by Crippen LogP contribution is -2.51. The summed E-state index contributed by atoms with van der Waals surface area (Å²) in [5.41, 5.74) is 0. The number of hydrogen-bond donors (Lipinski definition) is 2. The Kier molecular flexibility index (Phi) is 6.45. The van der Waals surface area contributed by atoms with Crippen LogP contribution < -0.4 is 5.32 Å². The van der Waals surface area contributed by atoms with Crippen LogP contribution in [0, 0.1) is 5.92 Å². The topological polar surface area (TPSA) is 95.9 Å². The van der Waals surface area contributed by atoms with Gasteiger partial charge in [0.15, 0.2) is 0 Å². The monoisotopic (exact) mass is 300 g/mol. The number of esters is 1. The van der Waals surface area contributed by atoms with Crippen molar-refractivity contribution in [2.24, 2.45) is 5.92 Å². The molecule has 0 aromatic carbocycles. The third-order valence-electron chi connectivity index (χ3n) is 3.38.